The van der Waals surface area contributed by atoms with Crippen molar-refractivity contribution in [3.05, 3.63) is 196 Å². The zero-order valence-electron chi connectivity index (χ0n) is 81.9. The van der Waals surface area contributed by atoms with Gasteiger partial charge in [0, 0.05) is 39.5 Å². The maximum Gasteiger partial charge on any atom is 0.408 e. The highest BCUT2D eigenvalue weighted by Crippen LogP contribution is 2.35. The minimum absolute atomic E-state index is 0.0711. The van der Waals surface area contributed by atoms with Gasteiger partial charge < -0.3 is 124 Å². The van der Waals surface area contributed by atoms with E-state index >= 15 is 0 Å². The summed E-state index contributed by atoms with van der Waals surface area (Å²) in [7, 11) is 1.12. The van der Waals surface area contributed by atoms with Gasteiger partial charge >= 0.3 is 112 Å². The fourth-order valence-electron chi connectivity index (χ4n) is 9.63. The van der Waals surface area contributed by atoms with Crippen LogP contribution in [0.5, 0.6) is 34.6 Å². The van der Waals surface area contributed by atoms with E-state index in [1.165, 1.54) is 54.6 Å². The molecule has 6 rings (SSSR count). The molecule has 0 saturated carbocycles. The standard InChI is InChI=1S/C16H20N2O9.C14H17BrN2O7.C14H17ClN2O7.2C14H17FN2O7.C14H19N3O7/c1-16(2,3)27-15(22)17-10(13(19)20)8-26-12-6-5-9(14(21)25-4)7-11(12)18(23)24;3*1-14(2,3)24-13(20)16-9(12(18)19)7-23-11-5-4-8(15)6-10(11)17(21)22;1-14(2,3)24-13(20)16-9(12(18)19)7-23-10-6-4-5-8(15)11(10)17(21)22;1-8-5-6-10(17(21)22)11(15-8)23-7-9(12(18)19)16-13(20)24-14(2,3)4/h5-7,10H,8H2,1-4H3,(H,17,22)(H,19,20);4*4-6,9H,7H2,1-3H3,(H,16,20)(H,18,19);5-6,9H,7H2,1-4H3,(H,16,20)(H,18,19)/t10-;5*9-/m000000/s1. The molecular weight excluding hydrogens is 2070 g/mol. The van der Waals surface area contributed by atoms with Crippen molar-refractivity contribution in [2.24, 2.45) is 0 Å². The van der Waals surface area contributed by atoms with Gasteiger partial charge in [0.1, 0.15) is 79.1 Å². The van der Waals surface area contributed by atoms with Crippen molar-refractivity contribution in [3.63, 3.8) is 0 Å². The van der Waals surface area contributed by atoms with Crippen LogP contribution < -0.4 is 60.3 Å². The van der Waals surface area contributed by atoms with Gasteiger partial charge in [0.15, 0.2) is 65.0 Å². The normalized spacial score (nSPS) is 12.1. The van der Waals surface area contributed by atoms with E-state index < -0.39 is 263 Å². The first-order chi connectivity index (χ1) is 67.4. The number of aliphatic carboxylic acids is 6. The summed E-state index contributed by atoms with van der Waals surface area (Å²) in [5.41, 5.74) is -7.78. The van der Waals surface area contributed by atoms with Gasteiger partial charge in [-0.3, -0.25) is 60.7 Å². The van der Waals surface area contributed by atoms with E-state index in [4.69, 9.17) is 94.0 Å². The second-order valence-corrected chi connectivity index (χ2v) is 36.4. The number of benzene rings is 5. The molecule has 147 heavy (non-hydrogen) atoms. The number of carbonyl (C=O) groups is 13. The van der Waals surface area contributed by atoms with E-state index in [1.807, 2.05) is 0 Å². The summed E-state index contributed by atoms with van der Waals surface area (Å²) < 4.78 is 91.8. The molecular formula is C86H107BrClF2N13O44. The number of nitro groups is 6. The van der Waals surface area contributed by atoms with Crippen LogP contribution in [0.2, 0.25) is 5.02 Å². The lowest BCUT2D eigenvalue weighted by atomic mass is 10.2. The molecule has 0 aliphatic carbocycles. The second kappa shape index (κ2) is 57.9. The first-order valence-corrected chi connectivity index (χ1v) is 42.9. The molecule has 6 amide bonds. The van der Waals surface area contributed by atoms with Crippen molar-refractivity contribution in [1.29, 1.82) is 0 Å². The van der Waals surface area contributed by atoms with Crippen LogP contribution in [0.4, 0.5) is 71.7 Å². The monoisotopic (exact) mass is 2180 g/mol. The minimum atomic E-state index is -1.54. The molecule has 6 aromatic rings. The Balaban J connectivity index is 0.000000882. The van der Waals surface area contributed by atoms with Gasteiger partial charge in [-0.25, -0.2) is 71.7 Å². The van der Waals surface area contributed by atoms with E-state index in [0.717, 1.165) is 49.6 Å². The minimum Gasteiger partial charge on any atom is -0.484 e. The Morgan fingerprint density at radius 3 is 0.918 bits per heavy atom. The van der Waals surface area contributed by atoms with E-state index in [2.05, 4.69) is 57.6 Å². The Hall–Kier alpha value is -17.0. The van der Waals surface area contributed by atoms with Crippen LogP contribution in [0.25, 0.3) is 0 Å². The molecule has 5 aromatic carbocycles. The highest BCUT2D eigenvalue weighted by molar-refractivity contribution is 9.10. The van der Waals surface area contributed by atoms with Crippen LogP contribution in [0.1, 0.15) is 141 Å². The van der Waals surface area contributed by atoms with Crippen LogP contribution in [-0.2, 0) is 61.9 Å². The molecule has 6 atom stereocenters. The predicted molar refractivity (Wildman–Crippen MR) is 503 cm³/mol. The molecule has 808 valence electrons. The summed E-state index contributed by atoms with van der Waals surface area (Å²) in [6.45, 7) is 27.1. The van der Waals surface area contributed by atoms with Gasteiger partial charge in [-0.05, 0) is 198 Å². The highest BCUT2D eigenvalue weighted by atomic mass is 79.9. The molecule has 0 spiro atoms. The number of para-hydroxylation sites is 1. The Kier molecular flexibility index (Phi) is 50.4. The third kappa shape index (κ3) is 52.0. The largest absolute Gasteiger partial charge is 0.484 e. The maximum atomic E-state index is 13.5. The zero-order valence-corrected chi connectivity index (χ0v) is 84.2. The quantitative estimate of drug-likeness (QED) is 0.00746. The number of nitrogens with zero attached hydrogens (tertiary/aromatic N) is 7. The number of carboxylic acids is 6. The number of nitro benzene ring substituents is 5. The van der Waals surface area contributed by atoms with Gasteiger partial charge in [-0.15, -0.1) is 0 Å². The molecule has 1 heterocycles. The number of halogens is 4. The van der Waals surface area contributed by atoms with Crippen molar-refractivity contribution in [2.75, 3.05) is 46.8 Å². The summed E-state index contributed by atoms with van der Waals surface area (Å²) in [6, 6.07) is 10.5. The summed E-state index contributed by atoms with van der Waals surface area (Å²) in [4.78, 5) is 213. The van der Waals surface area contributed by atoms with E-state index in [-0.39, 0.29) is 45.2 Å². The van der Waals surface area contributed by atoms with Crippen LogP contribution in [0.3, 0.4) is 0 Å². The lowest BCUT2D eigenvalue weighted by Crippen LogP contribution is -2.46. The van der Waals surface area contributed by atoms with Gasteiger partial charge in [-0.2, -0.15) is 4.39 Å². The first kappa shape index (κ1) is 128. The maximum absolute atomic E-state index is 13.5. The number of nitrogens with one attached hydrogen (secondary N) is 6. The number of carboxylic acid groups (broad SMARTS) is 6. The van der Waals surface area contributed by atoms with E-state index in [9.17, 15) is 137 Å². The molecule has 0 bridgehead atoms. The first-order valence-electron chi connectivity index (χ1n) is 41.8. The third-order valence-corrected chi connectivity index (χ3v) is 16.3. The Morgan fingerprint density at radius 1 is 0.354 bits per heavy atom. The Morgan fingerprint density at radius 2 is 0.626 bits per heavy atom. The molecule has 0 radical (unpaired) electrons. The number of hydrogen-bond acceptors (Lipinski definition) is 39. The molecule has 0 saturated heterocycles. The van der Waals surface area contributed by atoms with Crippen LogP contribution in [0.15, 0.2) is 108 Å². The highest BCUT2D eigenvalue weighted by Gasteiger charge is 2.36. The number of ether oxygens (including phenoxy) is 13. The predicted octanol–water partition coefficient (Wildman–Crippen LogP) is 12.9. The average Bonchev–Trinajstić information content (AvgIpc) is 0.834. The third-order valence-electron chi connectivity index (χ3n) is 15.6. The molecule has 61 heteroatoms. The Labute approximate surface area is 845 Å². The number of esters is 1. The van der Waals surface area contributed by atoms with Crippen molar-refractivity contribution >= 4 is 140 Å². The molecule has 0 aliphatic rings. The number of alkyl carbamates (subject to hydrolysis) is 6. The van der Waals surface area contributed by atoms with Crippen molar-refractivity contribution < 1.29 is 193 Å². The van der Waals surface area contributed by atoms with Crippen molar-refractivity contribution in [1.82, 2.24) is 36.9 Å². The van der Waals surface area contributed by atoms with Crippen molar-refractivity contribution in [2.45, 2.75) is 201 Å². The summed E-state index contributed by atoms with van der Waals surface area (Å²) in [5.74, 6) is -12.8. The number of rotatable bonds is 37. The lowest BCUT2D eigenvalue weighted by molar-refractivity contribution is -0.388. The average molecular weight is 2180 g/mol. The molecule has 57 nitrogen and oxygen atoms in total. The topological polar surface area (TPSA) is 807 Å². The van der Waals surface area contributed by atoms with E-state index in [1.54, 1.807) is 132 Å². The number of carbonyl (C=O) groups excluding carboxylic acids is 7. The SMILES string of the molecule is CC(C)(C)OC(=O)N[C@@H](COc1ccc(Br)cc1[N+](=O)[O-])C(=O)O.CC(C)(C)OC(=O)N[C@@H](COc1ccc(Cl)cc1[N+](=O)[O-])C(=O)O.CC(C)(C)OC(=O)N[C@@H](COc1ccc(F)cc1[N+](=O)[O-])C(=O)O.CC(C)(C)OC(=O)N[C@@H](COc1cccc(F)c1[N+](=O)[O-])C(=O)O.COC(=O)c1ccc(OC[C@H](NC(=O)OC(C)(C)C)C(=O)O)c([N+](=O)[O-])c1.Cc1ccc([N+](=O)[O-])c(OC[C@H](NC(=O)OC(C)(C)C)C(=O)O)n1. The number of aryl methyl sites for hydroxylation is 1. The van der Waals surface area contributed by atoms with E-state index in [0.29, 0.717) is 16.2 Å². The fourth-order valence-corrected chi connectivity index (χ4v) is 10.1. The van der Waals surface area contributed by atoms with Gasteiger partial charge in [0.25, 0.3) is 5.88 Å². The number of aromatic nitrogens is 1. The smallest absolute Gasteiger partial charge is 0.408 e. The van der Waals surface area contributed by atoms with Crippen LogP contribution >= 0.6 is 27.5 Å². The molecule has 12 N–H and O–H groups in total. The summed E-state index contributed by atoms with van der Waals surface area (Å²) in [5, 5.41) is 133. The summed E-state index contributed by atoms with van der Waals surface area (Å²) in [6.07, 6.45) is -5.76. The number of pyridine rings is 1. The molecule has 1 aromatic heterocycles. The lowest BCUT2D eigenvalue weighted by Gasteiger charge is -2.22. The second-order valence-electron chi connectivity index (χ2n) is 35.0. The number of hydrogen-bond donors (Lipinski definition) is 12. The Bertz CT molecular complexity index is 5410. The number of methoxy groups -OCH3 is 1. The van der Waals surface area contributed by atoms with Gasteiger partial charge in [0.05, 0.1) is 48.3 Å². The molecule has 0 unspecified atom stereocenters. The number of amides is 6. The van der Waals surface area contributed by atoms with Crippen molar-refractivity contribution in [3.8, 4) is 34.6 Å². The van der Waals surface area contributed by atoms with Crippen LogP contribution in [0, 0.1) is 79.2 Å². The van der Waals surface area contributed by atoms with Gasteiger partial charge in [0.2, 0.25) is 5.82 Å². The summed E-state index contributed by atoms with van der Waals surface area (Å²) >= 11 is 8.78. The molecule has 0 fully saturated rings. The van der Waals surface area contributed by atoms with Crippen LogP contribution in [-0.4, -0.2) is 260 Å². The fraction of sp³-hybridized carbons (Fsp3) is 0.442. The van der Waals surface area contributed by atoms with Gasteiger partial charge in [-0.1, -0.05) is 33.6 Å². The zero-order chi connectivity index (χ0) is 113. The molecule has 0 aliphatic heterocycles.